The number of rotatable bonds is 1. The third-order valence-electron chi connectivity index (χ3n) is 0.167. The van der Waals surface area contributed by atoms with Crippen molar-refractivity contribution in [3.8, 4) is 0 Å². The predicted molar refractivity (Wildman–Crippen MR) is 39.0 cm³/mol. The summed E-state index contributed by atoms with van der Waals surface area (Å²) >= 11 is 10.4. The third-order valence-corrected chi connectivity index (χ3v) is 0.852. The van der Waals surface area contributed by atoms with E-state index in [1.54, 1.807) is 0 Å². The maximum atomic E-state index is 9.00. The SMILES string of the molecule is CC(=O)O.[CH2-]C(Cl)CCl.[Pd]. The summed E-state index contributed by atoms with van der Waals surface area (Å²) in [6.45, 7) is 4.47. The fourth-order valence-corrected chi connectivity index (χ4v) is 0. The molecule has 0 aliphatic rings. The number of carboxylic acids is 1. The fourth-order valence-electron chi connectivity index (χ4n) is 0. The topological polar surface area (TPSA) is 37.3 Å². The molecule has 1 N–H and O–H groups in total. The summed E-state index contributed by atoms with van der Waals surface area (Å²) in [6, 6.07) is 0. The summed E-state index contributed by atoms with van der Waals surface area (Å²) in [5.74, 6) is -0.401. The first-order valence-corrected chi connectivity index (χ1v) is 3.20. The van der Waals surface area contributed by atoms with Gasteiger partial charge < -0.3 is 12.0 Å². The normalized spacial score (nSPS) is 10.0. The van der Waals surface area contributed by atoms with Crippen molar-refractivity contribution in [2.45, 2.75) is 12.3 Å². The average molecular weight is 278 g/mol. The van der Waals surface area contributed by atoms with E-state index in [0.717, 1.165) is 6.92 Å². The molecule has 0 heterocycles. The molecule has 0 spiro atoms. The van der Waals surface area contributed by atoms with Crippen LogP contribution in [0.2, 0.25) is 0 Å². The van der Waals surface area contributed by atoms with Crippen LogP contribution in [0.15, 0.2) is 0 Å². The zero-order valence-corrected chi connectivity index (χ0v) is 8.49. The molecule has 0 aromatic heterocycles. The van der Waals surface area contributed by atoms with Crippen LogP contribution in [0.25, 0.3) is 0 Å². The molecule has 0 fully saturated rings. The molecule has 0 bridgehead atoms. The number of hydrogen-bond donors (Lipinski definition) is 1. The van der Waals surface area contributed by atoms with Crippen LogP contribution in [0.3, 0.4) is 0 Å². The van der Waals surface area contributed by atoms with Crippen LogP contribution in [-0.4, -0.2) is 22.3 Å². The van der Waals surface area contributed by atoms with Gasteiger partial charge in [-0.05, 0) is 0 Å². The first-order chi connectivity index (χ1) is 4.00. The predicted octanol–water partition coefficient (Wildman–Crippen LogP) is 1.76. The van der Waals surface area contributed by atoms with Crippen LogP contribution in [0.1, 0.15) is 6.92 Å². The van der Waals surface area contributed by atoms with E-state index in [0.29, 0.717) is 5.88 Å². The number of alkyl halides is 2. The summed E-state index contributed by atoms with van der Waals surface area (Å²) < 4.78 is 0. The zero-order valence-electron chi connectivity index (χ0n) is 5.42. The van der Waals surface area contributed by atoms with Gasteiger partial charge in [0.25, 0.3) is 5.97 Å². The number of carboxylic acid groups (broad SMARTS) is 1. The second kappa shape index (κ2) is 12.4. The molecule has 0 saturated carbocycles. The second-order valence-electron chi connectivity index (χ2n) is 1.27. The van der Waals surface area contributed by atoms with Gasteiger partial charge in [-0.3, -0.25) is 4.79 Å². The molecule has 2 nitrogen and oxygen atoms in total. The van der Waals surface area contributed by atoms with E-state index in [2.05, 4.69) is 6.92 Å². The van der Waals surface area contributed by atoms with Gasteiger partial charge in [0.1, 0.15) is 0 Å². The van der Waals surface area contributed by atoms with Crippen LogP contribution in [-0.2, 0) is 25.2 Å². The summed E-state index contributed by atoms with van der Waals surface area (Å²) in [5.41, 5.74) is 0. The van der Waals surface area contributed by atoms with Crippen LogP contribution in [0.4, 0.5) is 0 Å². The summed E-state index contributed by atoms with van der Waals surface area (Å²) in [7, 11) is 0. The van der Waals surface area contributed by atoms with E-state index in [9.17, 15) is 0 Å². The minimum Gasteiger partial charge on any atom is -0.481 e. The molecule has 0 aliphatic heterocycles. The molecule has 0 radical (unpaired) electrons. The van der Waals surface area contributed by atoms with Gasteiger partial charge >= 0.3 is 0 Å². The second-order valence-corrected chi connectivity index (χ2v) is 2.20. The smallest absolute Gasteiger partial charge is 0.300 e. The van der Waals surface area contributed by atoms with Crippen molar-refractivity contribution >= 4 is 29.2 Å². The maximum Gasteiger partial charge on any atom is 0.300 e. The van der Waals surface area contributed by atoms with Gasteiger partial charge in [-0.25, -0.2) is 0 Å². The largest absolute Gasteiger partial charge is 0.481 e. The molecule has 0 rings (SSSR count). The molecule has 0 amide bonds. The van der Waals surface area contributed by atoms with Gasteiger partial charge in [-0.2, -0.15) is 11.6 Å². The fraction of sp³-hybridized carbons (Fsp3) is 0.600. The van der Waals surface area contributed by atoms with E-state index < -0.39 is 5.97 Å². The van der Waals surface area contributed by atoms with Crippen molar-refractivity contribution in [3.63, 3.8) is 0 Å². The molecule has 5 heteroatoms. The molecular weight excluding hydrogens is 269 g/mol. The van der Waals surface area contributed by atoms with Crippen LogP contribution >= 0.6 is 23.2 Å². The van der Waals surface area contributed by atoms with Crippen molar-refractivity contribution in [2.24, 2.45) is 0 Å². The van der Waals surface area contributed by atoms with Gasteiger partial charge in [0, 0.05) is 33.2 Å². The van der Waals surface area contributed by atoms with E-state index >= 15 is 0 Å². The van der Waals surface area contributed by atoms with E-state index in [4.69, 9.17) is 33.1 Å². The Hall–Kier alpha value is 0.712. The van der Waals surface area contributed by atoms with Gasteiger partial charge in [0.05, 0.1) is 0 Å². The number of hydrogen-bond acceptors (Lipinski definition) is 1. The summed E-state index contributed by atoms with van der Waals surface area (Å²) in [4.78, 5) is 9.00. The van der Waals surface area contributed by atoms with Crippen molar-refractivity contribution < 1.29 is 30.3 Å². The van der Waals surface area contributed by atoms with Crippen molar-refractivity contribution in [1.29, 1.82) is 0 Å². The molecule has 1 atom stereocenters. The van der Waals surface area contributed by atoms with Gasteiger partial charge in [-0.1, -0.05) is 5.38 Å². The summed E-state index contributed by atoms with van der Waals surface area (Å²) in [5, 5.41) is 7.29. The van der Waals surface area contributed by atoms with Crippen molar-refractivity contribution in [2.75, 3.05) is 5.88 Å². The summed E-state index contributed by atoms with van der Waals surface area (Å²) in [6.07, 6.45) is 0. The Labute approximate surface area is 84.5 Å². The monoisotopic (exact) mass is 277 g/mol. The molecule has 1 unspecified atom stereocenters. The molecule has 0 aliphatic carbocycles. The molecular formula is C5H9Cl2O2Pd-. The standard InChI is InChI=1S/C3H5Cl2.C2H4O2.Pd/c1-3(5)2-4;1-2(3)4;/h3H,1-2H2;1H3,(H,3,4);/q-1;;. The minimum atomic E-state index is -0.833. The molecule has 66 valence electrons. The maximum absolute atomic E-state index is 9.00. The third kappa shape index (κ3) is 70.4. The number of aliphatic carboxylic acids is 1. The number of halogens is 2. The van der Waals surface area contributed by atoms with E-state index in [1.165, 1.54) is 0 Å². The van der Waals surface area contributed by atoms with Crippen LogP contribution in [0.5, 0.6) is 0 Å². The van der Waals surface area contributed by atoms with Crippen molar-refractivity contribution in [3.05, 3.63) is 6.92 Å². The molecule has 0 aromatic carbocycles. The van der Waals surface area contributed by atoms with Crippen LogP contribution in [0, 0.1) is 6.92 Å². The molecule has 0 aromatic rings. The average Bonchev–Trinajstić information content (AvgIpc) is 1.65. The van der Waals surface area contributed by atoms with Gasteiger partial charge in [-0.15, -0.1) is 11.6 Å². The Morgan fingerprint density at radius 2 is 1.90 bits per heavy atom. The Morgan fingerprint density at radius 3 is 1.90 bits per heavy atom. The Balaban J connectivity index is -0.0000000910. The minimum absolute atomic E-state index is 0. The number of carbonyl (C=O) groups is 1. The van der Waals surface area contributed by atoms with E-state index in [1.807, 2.05) is 0 Å². The van der Waals surface area contributed by atoms with Crippen molar-refractivity contribution in [1.82, 2.24) is 0 Å². The van der Waals surface area contributed by atoms with E-state index in [-0.39, 0.29) is 25.8 Å². The molecule has 10 heavy (non-hydrogen) atoms. The first kappa shape index (κ1) is 17.0. The first-order valence-electron chi connectivity index (χ1n) is 2.23. The molecule has 0 saturated heterocycles. The van der Waals surface area contributed by atoms with Gasteiger partial charge in [0.2, 0.25) is 0 Å². The zero-order chi connectivity index (χ0) is 7.86. The van der Waals surface area contributed by atoms with Gasteiger partial charge in [0.15, 0.2) is 0 Å². The Kier molecular flexibility index (Phi) is 21.1. The Morgan fingerprint density at radius 1 is 1.80 bits per heavy atom. The Bertz CT molecular complexity index is 74.0. The van der Waals surface area contributed by atoms with Crippen LogP contribution < -0.4 is 0 Å². The quantitative estimate of drug-likeness (QED) is 0.451.